The summed E-state index contributed by atoms with van der Waals surface area (Å²) in [7, 11) is 0. The standard InChI is InChI=1S/C23H31NO3/c1-5-6-7-10-18-13-19(25)21(17-11-8-9-14(2)12-17)23(26)22(18)20-15(3)24-27-16(20)4/h12-13,17,25-26H,5-11H2,1-4H3. The molecule has 27 heavy (non-hydrogen) atoms. The number of allylic oxidation sites excluding steroid dienone is 2. The molecular formula is C23H31NO3. The van der Waals surface area contributed by atoms with Crippen molar-refractivity contribution in [3.63, 3.8) is 0 Å². The number of hydrogen-bond acceptors (Lipinski definition) is 4. The number of unbranched alkanes of at least 4 members (excludes halogenated alkanes) is 2. The summed E-state index contributed by atoms with van der Waals surface area (Å²) in [5.74, 6) is 1.13. The van der Waals surface area contributed by atoms with Crippen LogP contribution < -0.4 is 0 Å². The predicted octanol–water partition coefficient (Wildman–Crippen LogP) is 6.32. The Kier molecular flexibility index (Phi) is 5.93. The van der Waals surface area contributed by atoms with Crippen molar-refractivity contribution < 1.29 is 14.7 Å². The highest BCUT2D eigenvalue weighted by molar-refractivity contribution is 5.80. The third kappa shape index (κ3) is 3.90. The van der Waals surface area contributed by atoms with E-state index in [9.17, 15) is 10.2 Å². The zero-order chi connectivity index (χ0) is 19.6. The van der Waals surface area contributed by atoms with Crippen molar-refractivity contribution in [2.24, 2.45) is 0 Å². The Hall–Kier alpha value is -2.23. The van der Waals surface area contributed by atoms with Gasteiger partial charge in [0.2, 0.25) is 0 Å². The molecule has 2 N–H and O–H groups in total. The van der Waals surface area contributed by atoms with E-state index in [0.29, 0.717) is 11.3 Å². The van der Waals surface area contributed by atoms with E-state index in [4.69, 9.17) is 4.52 Å². The SMILES string of the molecule is CCCCCc1cc(O)c(C2C=C(C)CCC2)c(O)c1-c1c(C)noc1C. The summed E-state index contributed by atoms with van der Waals surface area (Å²) in [6, 6.07) is 1.85. The fourth-order valence-corrected chi connectivity index (χ4v) is 4.31. The Morgan fingerprint density at radius 1 is 1.15 bits per heavy atom. The normalized spacial score (nSPS) is 17.2. The Morgan fingerprint density at radius 2 is 1.93 bits per heavy atom. The van der Waals surface area contributed by atoms with Crippen LogP contribution in [-0.2, 0) is 6.42 Å². The van der Waals surface area contributed by atoms with Crippen LogP contribution in [0.2, 0.25) is 0 Å². The second kappa shape index (κ2) is 8.20. The van der Waals surface area contributed by atoms with Gasteiger partial charge in [0.25, 0.3) is 0 Å². The minimum absolute atomic E-state index is 0.0441. The molecule has 0 bridgehead atoms. The summed E-state index contributed by atoms with van der Waals surface area (Å²) in [6.07, 6.45) is 9.37. The Morgan fingerprint density at radius 3 is 2.56 bits per heavy atom. The van der Waals surface area contributed by atoms with Gasteiger partial charge in [-0.1, -0.05) is 36.6 Å². The molecular weight excluding hydrogens is 338 g/mol. The maximum Gasteiger partial charge on any atom is 0.141 e. The minimum atomic E-state index is 0.0441. The highest BCUT2D eigenvalue weighted by Crippen LogP contribution is 2.48. The molecule has 0 aliphatic heterocycles. The molecule has 0 amide bonds. The summed E-state index contributed by atoms with van der Waals surface area (Å²) < 4.78 is 5.38. The summed E-state index contributed by atoms with van der Waals surface area (Å²) in [5.41, 5.74) is 5.34. The molecule has 1 aliphatic carbocycles. The summed E-state index contributed by atoms with van der Waals surface area (Å²) in [6.45, 7) is 8.07. The molecule has 0 fully saturated rings. The smallest absolute Gasteiger partial charge is 0.141 e. The first-order valence-electron chi connectivity index (χ1n) is 10.1. The number of rotatable bonds is 6. The third-order valence-corrected chi connectivity index (χ3v) is 5.68. The number of phenols is 2. The fraction of sp³-hybridized carbons (Fsp3) is 0.522. The van der Waals surface area contributed by atoms with Crippen LogP contribution >= 0.6 is 0 Å². The highest BCUT2D eigenvalue weighted by Gasteiger charge is 2.27. The number of aromatic hydroxyl groups is 2. The van der Waals surface area contributed by atoms with Gasteiger partial charge in [-0.2, -0.15) is 0 Å². The molecule has 4 heteroatoms. The molecule has 1 unspecified atom stereocenters. The van der Waals surface area contributed by atoms with Crippen LogP contribution in [0, 0.1) is 13.8 Å². The third-order valence-electron chi connectivity index (χ3n) is 5.68. The first-order chi connectivity index (χ1) is 12.9. The summed E-state index contributed by atoms with van der Waals surface area (Å²) in [4.78, 5) is 0. The van der Waals surface area contributed by atoms with Crippen molar-refractivity contribution >= 4 is 0 Å². The van der Waals surface area contributed by atoms with Gasteiger partial charge in [-0.05, 0) is 64.5 Å². The van der Waals surface area contributed by atoms with Gasteiger partial charge >= 0.3 is 0 Å². The van der Waals surface area contributed by atoms with Crippen LogP contribution in [0.1, 0.15) is 80.9 Å². The van der Waals surface area contributed by atoms with E-state index in [1.54, 1.807) is 0 Å². The molecule has 1 atom stereocenters. The van der Waals surface area contributed by atoms with Gasteiger partial charge in [0, 0.05) is 17.0 Å². The van der Waals surface area contributed by atoms with Crippen molar-refractivity contribution in [2.45, 2.75) is 78.6 Å². The second-order valence-electron chi connectivity index (χ2n) is 7.86. The van der Waals surface area contributed by atoms with Gasteiger partial charge < -0.3 is 14.7 Å². The van der Waals surface area contributed by atoms with E-state index in [-0.39, 0.29) is 17.4 Å². The number of benzene rings is 1. The minimum Gasteiger partial charge on any atom is -0.507 e. The molecule has 146 valence electrons. The van der Waals surface area contributed by atoms with Crippen LogP contribution in [0.15, 0.2) is 22.2 Å². The lowest BCUT2D eigenvalue weighted by molar-refractivity contribution is 0.393. The van der Waals surface area contributed by atoms with Crippen LogP contribution in [0.25, 0.3) is 11.1 Å². The Labute approximate surface area is 161 Å². The molecule has 1 heterocycles. The van der Waals surface area contributed by atoms with E-state index in [1.165, 1.54) is 5.57 Å². The largest absolute Gasteiger partial charge is 0.507 e. The van der Waals surface area contributed by atoms with Crippen molar-refractivity contribution in [3.05, 3.63) is 40.3 Å². The monoisotopic (exact) mass is 369 g/mol. The average molecular weight is 370 g/mol. The predicted molar refractivity (Wildman–Crippen MR) is 108 cm³/mol. The van der Waals surface area contributed by atoms with Crippen molar-refractivity contribution in [1.82, 2.24) is 5.16 Å². The van der Waals surface area contributed by atoms with E-state index in [1.807, 2.05) is 19.9 Å². The summed E-state index contributed by atoms with van der Waals surface area (Å²) >= 11 is 0. The molecule has 1 aliphatic rings. The van der Waals surface area contributed by atoms with Crippen LogP contribution in [0.5, 0.6) is 11.5 Å². The van der Waals surface area contributed by atoms with Crippen molar-refractivity contribution in [2.75, 3.05) is 0 Å². The fourth-order valence-electron chi connectivity index (χ4n) is 4.31. The van der Waals surface area contributed by atoms with Gasteiger partial charge in [-0.15, -0.1) is 0 Å². The molecule has 2 aromatic rings. The summed E-state index contributed by atoms with van der Waals surface area (Å²) in [5, 5.41) is 26.2. The lowest BCUT2D eigenvalue weighted by atomic mass is 9.82. The average Bonchev–Trinajstić information content (AvgIpc) is 2.94. The topological polar surface area (TPSA) is 66.5 Å². The molecule has 0 radical (unpaired) electrons. The van der Waals surface area contributed by atoms with E-state index < -0.39 is 0 Å². The maximum atomic E-state index is 11.3. The lowest BCUT2D eigenvalue weighted by Crippen LogP contribution is -2.05. The number of hydrogen-bond donors (Lipinski definition) is 2. The van der Waals surface area contributed by atoms with Crippen LogP contribution in [-0.4, -0.2) is 15.4 Å². The lowest BCUT2D eigenvalue weighted by Gasteiger charge is -2.24. The Balaban J connectivity index is 2.18. The molecule has 1 aromatic heterocycles. The van der Waals surface area contributed by atoms with Gasteiger partial charge in [-0.25, -0.2) is 0 Å². The number of aryl methyl sites for hydroxylation is 3. The molecule has 4 nitrogen and oxygen atoms in total. The molecule has 1 aromatic carbocycles. The quantitative estimate of drug-likeness (QED) is 0.462. The number of nitrogens with zero attached hydrogens (tertiary/aromatic N) is 1. The van der Waals surface area contributed by atoms with Crippen LogP contribution in [0.3, 0.4) is 0 Å². The van der Waals surface area contributed by atoms with Crippen LogP contribution in [0.4, 0.5) is 0 Å². The zero-order valence-electron chi connectivity index (χ0n) is 16.9. The van der Waals surface area contributed by atoms with Crippen molar-refractivity contribution in [3.8, 4) is 22.6 Å². The molecule has 0 spiro atoms. The van der Waals surface area contributed by atoms with Gasteiger partial charge in [0.05, 0.1) is 11.3 Å². The van der Waals surface area contributed by atoms with E-state index >= 15 is 0 Å². The zero-order valence-corrected chi connectivity index (χ0v) is 16.9. The second-order valence-corrected chi connectivity index (χ2v) is 7.86. The molecule has 3 rings (SSSR count). The number of phenolic OH excluding ortho intramolecular Hbond substituents is 2. The Bertz CT molecular complexity index is 828. The highest BCUT2D eigenvalue weighted by atomic mass is 16.5. The van der Waals surface area contributed by atoms with E-state index in [2.05, 4.69) is 25.1 Å². The first-order valence-corrected chi connectivity index (χ1v) is 10.1. The van der Waals surface area contributed by atoms with Gasteiger partial charge in [0.15, 0.2) is 0 Å². The maximum absolute atomic E-state index is 11.3. The molecule has 0 saturated carbocycles. The molecule has 0 saturated heterocycles. The van der Waals surface area contributed by atoms with Crippen molar-refractivity contribution in [1.29, 1.82) is 0 Å². The number of aromatic nitrogens is 1. The first kappa shape index (κ1) is 19.5. The van der Waals surface area contributed by atoms with Gasteiger partial charge in [0.1, 0.15) is 17.3 Å². The van der Waals surface area contributed by atoms with E-state index in [0.717, 1.165) is 67.3 Å². The van der Waals surface area contributed by atoms with Gasteiger partial charge in [-0.3, -0.25) is 0 Å².